The molecule has 1 aliphatic heterocycles. The largest absolute Gasteiger partial charge is 0.352 e. The molecular formula is C15H16N4O2. The molecule has 0 radical (unpaired) electrons. The van der Waals surface area contributed by atoms with Gasteiger partial charge in [-0.3, -0.25) is 14.3 Å². The maximum atomic E-state index is 12.1. The van der Waals surface area contributed by atoms with Crippen molar-refractivity contribution >= 4 is 11.8 Å². The third-order valence-corrected chi connectivity index (χ3v) is 3.51. The molecule has 1 aromatic carbocycles. The van der Waals surface area contributed by atoms with Gasteiger partial charge in [0.1, 0.15) is 6.04 Å². The van der Waals surface area contributed by atoms with E-state index in [0.29, 0.717) is 25.1 Å². The Hall–Kier alpha value is -2.63. The Morgan fingerprint density at radius 2 is 2.24 bits per heavy atom. The topological polar surface area (TPSA) is 76.0 Å². The molecule has 0 saturated heterocycles. The lowest BCUT2D eigenvalue weighted by Gasteiger charge is -2.24. The monoisotopic (exact) mass is 284 g/mol. The quantitative estimate of drug-likeness (QED) is 0.851. The number of benzene rings is 1. The summed E-state index contributed by atoms with van der Waals surface area (Å²) in [6, 6.07) is 8.69. The summed E-state index contributed by atoms with van der Waals surface area (Å²) in [5.41, 5.74) is 1.56. The first-order valence-electron chi connectivity index (χ1n) is 6.88. The molecule has 1 aliphatic rings. The summed E-state index contributed by atoms with van der Waals surface area (Å²) >= 11 is 0. The summed E-state index contributed by atoms with van der Waals surface area (Å²) in [7, 11) is 0. The Labute approximate surface area is 122 Å². The van der Waals surface area contributed by atoms with Crippen molar-refractivity contribution in [3.63, 3.8) is 0 Å². The van der Waals surface area contributed by atoms with Gasteiger partial charge in [0.15, 0.2) is 0 Å². The summed E-state index contributed by atoms with van der Waals surface area (Å²) in [5.74, 6) is -0.353. The van der Waals surface area contributed by atoms with Crippen LogP contribution in [0.15, 0.2) is 42.7 Å². The predicted molar refractivity (Wildman–Crippen MR) is 76.6 cm³/mol. The first kappa shape index (κ1) is 13.4. The standard InChI is InChI=1S/C15H16N4O2/c20-14-12-5-2-1-4-11(12)10-13(18-14)15(21)16-7-9-19-8-3-6-17-19/h1-6,8,13H,7,9-10H2,(H,16,21)(H,18,20)/t13-/m0/s1. The number of aromatic nitrogens is 2. The average Bonchev–Trinajstić information content (AvgIpc) is 3.00. The zero-order valence-electron chi connectivity index (χ0n) is 11.5. The number of nitrogens with one attached hydrogen (secondary N) is 2. The fraction of sp³-hybridized carbons (Fsp3) is 0.267. The van der Waals surface area contributed by atoms with Gasteiger partial charge >= 0.3 is 0 Å². The van der Waals surface area contributed by atoms with Crippen LogP contribution in [0.5, 0.6) is 0 Å². The number of carbonyl (C=O) groups excluding carboxylic acids is 2. The summed E-state index contributed by atoms with van der Waals surface area (Å²) in [5, 5.41) is 9.63. The van der Waals surface area contributed by atoms with Crippen molar-refractivity contribution in [2.75, 3.05) is 6.54 Å². The molecule has 1 aromatic heterocycles. The highest BCUT2D eigenvalue weighted by molar-refractivity contribution is 6.00. The first-order valence-corrected chi connectivity index (χ1v) is 6.88. The molecule has 0 fully saturated rings. The molecule has 6 nitrogen and oxygen atoms in total. The normalized spacial score (nSPS) is 17.0. The van der Waals surface area contributed by atoms with Gasteiger partial charge in [0.25, 0.3) is 5.91 Å². The second-order valence-corrected chi connectivity index (χ2v) is 4.95. The minimum Gasteiger partial charge on any atom is -0.352 e. The smallest absolute Gasteiger partial charge is 0.252 e. The van der Waals surface area contributed by atoms with Crippen molar-refractivity contribution in [3.05, 3.63) is 53.9 Å². The van der Waals surface area contributed by atoms with Gasteiger partial charge in [-0.2, -0.15) is 5.10 Å². The van der Waals surface area contributed by atoms with E-state index in [1.54, 1.807) is 16.9 Å². The van der Waals surface area contributed by atoms with Crippen LogP contribution in [0.4, 0.5) is 0 Å². The molecule has 21 heavy (non-hydrogen) atoms. The Kier molecular flexibility index (Phi) is 3.68. The maximum Gasteiger partial charge on any atom is 0.252 e. The van der Waals surface area contributed by atoms with E-state index in [1.165, 1.54) is 0 Å². The van der Waals surface area contributed by atoms with Crippen molar-refractivity contribution in [3.8, 4) is 0 Å². The van der Waals surface area contributed by atoms with Gasteiger partial charge < -0.3 is 10.6 Å². The highest BCUT2D eigenvalue weighted by Gasteiger charge is 2.28. The molecule has 2 N–H and O–H groups in total. The lowest BCUT2D eigenvalue weighted by molar-refractivity contribution is -0.123. The van der Waals surface area contributed by atoms with E-state index in [2.05, 4.69) is 15.7 Å². The molecule has 0 saturated carbocycles. The Bertz CT molecular complexity index is 651. The fourth-order valence-corrected chi connectivity index (χ4v) is 2.43. The maximum absolute atomic E-state index is 12.1. The second-order valence-electron chi connectivity index (χ2n) is 4.95. The molecular weight excluding hydrogens is 268 g/mol. The van der Waals surface area contributed by atoms with E-state index in [-0.39, 0.29) is 11.8 Å². The van der Waals surface area contributed by atoms with E-state index in [4.69, 9.17) is 0 Å². The number of nitrogens with zero attached hydrogens (tertiary/aromatic N) is 2. The van der Waals surface area contributed by atoms with E-state index in [0.717, 1.165) is 5.56 Å². The highest BCUT2D eigenvalue weighted by atomic mass is 16.2. The summed E-state index contributed by atoms with van der Waals surface area (Å²) in [4.78, 5) is 24.1. The highest BCUT2D eigenvalue weighted by Crippen LogP contribution is 2.16. The van der Waals surface area contributed by atoms with E-state index in [1.807, 2.05) is 30.5 Å². The number of fused-ring (bicyclic) bond motifs is 1. The van der Waals surface area contributed by atoms with Gasteiger partial charge in [0.05, 0.1) is 6.54 Å². The molecule has 2 amide bonds. The first-order chi connectivity index (χ1) is 10.2. The van der Waals surface area contributed by atoms with Gasteiger partial charge in [-0.05, 0) is 17.7 Å². The van der Waals surface area contributed by atoms with Crippen LogP contribution < -0.4 is 10.6 Å². The Morgan fingerprint density at radius 1 is 1.38 bits per heavy atom. The molecule has 1 atom stereocenters. The average molecular weight is 284 g/mol. The van der Waals surface area contributed by atoms with Crippen molar-refractivity contribution in [1.29, 1.82) is 0 Å². The van der Waals surface area contributed by atoms with Crippen LogP contribution >= 0.6 is 0 Å². The summed E-state index contributed by atoms with van der Waals surface area (Å²) in [6.45, 7) is 1.09. The Balaban J connectivity index is 1.58. The molecule has 0 spiro atoms. The molecule has 0 bridgehead atoms. The van der Waals surface area contributed by atoms with Gasteiger partial charge in [-0.1, -0.05) is 18.2 Å². The summed E-state index contributed by atoms with van der Waals surface area (Å²) in [6.07, 6.45) is 4.06. The molecule has 108 valence electrons. The second kappa shape index (κ2) is 5.78. The minimum absolute atomic E-state index is 0.162. The van der Waals surface area contributed by atoms with E-state index in [9.17, 15) is 9.59 Å². The van der Waals surface area contributed by atoms with Crippen molar-refractivity contribution < 1.29 is 9.59 Å². The van der Waals surface area contributed by atoms with Crippen LogP contribution in [-0.2, 0) is 17.8 Å². The van der Waals surface area contributed by atoms with E-state index < -0.39 is 6.04 Å². The van der Waals surface area contributed by atoms with Crippen LogP contribution in [0.25, 0.3) is 0 Å². The van der Waals surface area contributed by atoms with Gasteiger partial charge in [-0.25, -0.2) is 0 Å². The summed E-state index contributed by atoms with van der Waals surface area (Å²) < 4.78 is 1.75. The van der Waals surface area contributed by atoms with Gasteiger partial charge in [0, 0.05) is 30.9 Å². The molecule has 3 rings (SSSR count). The number of carbonyl (C=O) groups is 2. The zero-order chi connectivity index (χ0) is 14.7. The van der Waals surface area contributed by atoms with Crippen LogP contribution in [0.2, 0.25) is 0 Å². The lowest BCUT2D eigenvalue weighted by Crippen LogP contribution is -2.51. The Morgan fingerprint density at radius 3 is 3.05 bits per heavy atom. The van der Waals surface area contributed by atoms with Crippen LogP contribution in [-0.4, -0.2) is 34.2 Å². The number of hydrogen-bond donors (Lipinski definition) is 2. The molecule has 6 heteroatoms. The van der Waals surface area contributed by atoms with E-state index >= 15 is 0 Å². The SMILES string of the molecule is O=C1N[C@H](C(=O)NCCn2cccn2)Cc2ccccc21. The molecule has 2 heterocycles. The minimum atomic E-state index is -0.509. The third-order valence-electron chi connectivity index (χ3n) is 3.51. The van der Waals surface area contributed by atoms with Crippen LogP contribution in [0.3, 0.4) is 0 Å². The predicted octanol–water partition coefficient (Wildman–Crippen LogP) is 0.354. The number of rotatable bonds is 4. The van der Waals surface area contributed by atoms with Crippen LogP contribution in [0, 0.1) is 0 Å². The number of hydrogen-bond acceptors (Lipinski definition) is 3. The zero-order valence-corrected chi connectivity index (χ0v) is 11.5. The number of amides is 2. The molecule has 2 aromatic rings. The van der Waals surface area contributed by atoms with Crippen molar-refractivity contribution in [2.45, 2.75) is 19.0 Å². The molecule has 0 unspecified atom stereocenters. The van der Waals surface area contributed by atoms with Gasteiger partial charge in [0.2, 0.25) is 5.91 Å². The van der Waals surface area contributed by atoms with Gasteiger partial charge in [-0.15, -0.1) is 0 Å². The molecule has 0 aliphatic carbocycles. The van der Waals surface area contributed by atoms with Crippen LogP contribution in [0.1, 0.15) is 15.9 Å². The van der Waals surface area contributed by atoms with Crippen molar-refractivity contribution in [1.82, 2.24) is 20.4 Å². The lowest BCUT2D eigenvalue weighted by atomic mass is 9.95. The van der Waals surface area contributed by atoms with Crippen molar-refractivity contribution in [2.24, 2.45) is 0 Å². The fourth-order valence-electron chi connectivity index (χ4n) is 2.43. The third kappa shape index (κ3) is 2.94.